The van der Waals surface area contributed by atoms with E-state index in [1.807, 2.05) is 0 Å². The van der Waals surface area contributed by atoms with Crippen molar-refractivity contribution in [1.29, 1.82) is 0 Å². The van der Waals surface area contributed by atoms with Gasteiger partial charge in [-0.3, -0.25) is 4.79 Å². The Bertz CT molecular complexity index is 356. The number of aliphatic hydroxyl groups is 1. The molecule has 6 nitrogen and oxygen atoms in total. The second-order valence-electron chi connectivity index (χ2n) is 2.91. The van der Waals surface area contributed by atoms with Crippen LogP contribution in [0.1, 0.15) is 11.8 Å². The third kappa shape index (κ3) is 2.64. The maximum atomic E-state index is 10.5. The number of carboxylic acids is 1. The van der Waals surface area contributed by atoms with Crippen molar-refractivity contribution >= 4 is 5.97 Å². The van der Waals surface area contributed by atoms with E-state index in [1.165, 1.54) is 13.2 Å². The number of methoxy groups -OCH3 is 1. The fraction of sp³-hybridized carbons (Fsp3) is 0.333. The fourth-order valence-corrected chi connectivity index (χ4v) is 1.03. The van der Waals surface area contributed by atoms with Gasteiger partial charge < -0.3 is 20.7 Å². The summed E-state index contributed by atoms with van der Waals surface area (Å²) in [7, 11) is 1.43. The molecule has 0 amide bonds. The van der Waals surface area contributed by atoms with Gasteiger partial charge in [0.15, 0.2) is 0 Å². The van der Waals surface area contributed by atoms with Crippen LogP contribution in [0.4, 0.5) is 0 Å². The van der Waals surface area contributed by atoms with E-state index in [0.29, 0.717) is 5.88 Å². The lowest BCUT2D eigenvalue weighted by Crippen LogP contribution is -2.36. The summed E-state index contributed by atoms with van der Waals surface area (Å²) >= 11 is 0. The van der Waals surface area contributed by atoms with Crippen molar-refractivity contribution in [2.75, 3.05) is 7.11 Å². The van der Waals surface area contributed by atoms with Gasteiger partial charge in [0.1, 0.15) is 12.1 Å². The van der Waals surface area contributed by atoms with Crippen molar-refractivity contribution in [3.8, 4) is 5.88 Å². The molecule has 0 radical (unpaired) electrons. The molecule has 15 heavy (non-hydrogen) atoms. The lowest BCUT2D eigenvalue weighted by atomic mass is 10.1. The Morgan fingerprint density at radius 1 is 1.60 bits per heavy atom. The van der Waals surface area contributed by atoms with E-state index >= 15 is 0 Å². The number of hydrogen-bond acceptors (Lipinski definition) is 5. The number of rotatable bonds is 4. The van der Waals surface area contributed by atoms with Gasteiger partial charge in [0.05, 0.1) is 12.8 Å². The smallest absolute Gasteiger partial charge is 0.323 e. The Hall–Kier alpha value is -1.66. The number of nitrogens with zero attached hydrogens (tertiary/aromatic N) is 1. The van der Waals surface area contributed by atoms with E-state index in [0.717, 1.165) is 0 Å². The third-order valence-electron chi connectivity index (χ3n) is 1.88. The molecule has 1 aromatic rings. The van der Waals surface area contributed by atoms with E-state index in [1.54, 1.807) is 12.1 Å². The van der Waals surface area contributed by atoms with Gasteiger partial charge in [-0.15, -0.1) is 0 Å². The maximum Gasteiger partial charge on any atom is 0.323 e. The molecule has 2 unspecified atom stereocenters. The molecule has 0 aliphatic heterocycles. The standard InChI is InChI=1S/C9H12N2O4/c1-15-6-4-2-3-5(11-6)8(12)7(10)9(13)14/h2-4,7-8,12H,10H2,1H3,(H,13,14). The molecule has 1 aromatic heterocycles. The first-order chi connectivity index (χ1) is 7.06. The molecule has 0 aliphatic carbocycles. The Labute approximate surface area is 86.3 Å². The van der Waals surface area contributed by atoms with E-state index in [-0.39, 0.29) is 5.69 Å². The van der Waals surface area contributed by atoms with Gasteiger partial charge in [0, 0.05) is 6.07 Å². The number of nitrogens with two attached hydrogens (primary N) is 1. The average molecular weight is 212 g/mol. The molecule has 0 bridgehead atoms. The van der Waals surface area contributed by atoms with Crippen LogP contribution in [-0.4, -0.2) is 34.3 Å². The van der Waals surface area contributed by atoms with Crippen molar-refractivity contribution in [3.05, 3.63) is 23.9 Å². The Morgan fingerprint density at radius 3 is 2.80 bits per heavy atom. The monoisotopic (exact) mass is 212 g/mol. The number of ether oxygens (including phenoxy) is 1. The van der Waals surface area contributed by atoms with Crippen LogP contribution >= 0.6 is 0 Å². The predicted octanol–water partition coefficient (Wildman–Crippen LogP) is -0.465. The highest BCUT2D eigenvalue weighted by molar-refractivity contribution is 5.74. The van der Waals surface area contributed by atoms with E-state index < -0.39 is 18.1 Å². The first kappa shape index (κ1) is 11.4. The lowest BCUT2D eigenvalue weighted by Gasteiger charge is -2.14. The van der Waals surface area contributed by atoms with E-state index in [2.05, 4.69) is 4.98 Å². The number of aromatic nitrogens is 1. The van der Waals surface area contributed by atoms with Gasteiger partial charge in [-0.2, -0.15) is 0 Å². The topological polar surface area (TPSA) is 106 Å². The SMILES string of the molecule is COc1cccc(C(O)C(N)C(=O)O)n1. The highest BCUT2D eigenvalue weighted by Gasteiger charge is 2.24. The number of hydrogen-bond donors (Lipinski definition) is 3. The summed E-state index contributed by atoms with van der Waals surface area (Å²) in [5, 5.41) is 18.2. The van der Waals surface area contributed by atoms with E-state index in [9.17, 15) is 9.90 Å². The molecule has 1 rings (SSSR count). The summed E-state index contributed by atoms with van der Waals surface area (Å²) in [6.45, 7) is 0. The van der Waals surface area contributed by atoms with Crippen molar-refractivity contribution in [3.63, 3.8) is 0 Å². The van der Waals surface area contributed by atoms with Gasteiger partial charge in [0.2, 0.25) is 5.88 Å². The molecule has 2 atom stereocenters. The first-order valence-corrected chi connectivity index (χ1v) is 4.23. The minimum atomic E-state index is -1.40. The molecule has 1 heterocycles. The molecule has 82 valence electrons. The second-order valence-corrected chi connectivity index (χ2v) is 2.91. The number of carboxylic acid groups (broad SMARTS) is 1. The van der Waals surface area contributed by atoms with Crippen LogP contribution in [0.5, 0.6) is 5.88 Å². The molecular formula is C9H12N2O4. The van der Waals surface area contributed by atoms with Crippen molar-refractivity contribution in [2.45, 2.75) is 12.1 Å². The third-order valence-corrected chi connectivity index (χ3v) is 1.88. The summed E-state index contributed by atoms with van der Waals surface area (Å²) < 4.78 is 4.83. The van der Waals surface area contributed by atoms with Gasteiger partial charge in [-0.05, 0) is 6.07 Å². The summed E-state index contributed by atoms with van der Waals surface area (Å²) in [6.07, 6.45) is -1.35. The zero-order chi connectivity index (χ0) is 11.4. The minimum Gasteiger partial charge on any atom is -0.481 e. The van der Waals surface area contributed by atoms with Crippen LogP contribution < -0.4 is 10.5 Å². The molecule has 0 aliphatic rings. The van der Waals surface area contributed by atoms with Crippen LogP contribution in [0.15, 0.2) is 18.2 Å². The van der Waals surface area contributed by atoms with Crippen LogP contribution in [0.2, 0.25) is 0 Å². The van der Waals surface area contributed by atoms with Gasteiger partial charge in [-0.25, -0.2) is 4.98 Å². The summed E-state index contributed by atoms with van der Waals surface area (Å²) in [6, 6.07) is 3.27. The molecule has 0 fully saturated rings. The van der Waals surface area contributed by atoms with Gasteiger partial charge in [0.25, 0.3) is 0 Å². The zero-order valence-electron chi connectivity index (χ0n) is 8.12. The predicted molar refractivity (Wildman–Crippen MR) is 51.4 cm³/mol. The normalized spacial score (nSPS) is 14.3. The molecule has 0 saturated heterocycles. The van der Waals surface area contributed by atoms with Crippen LogP contribution in [-0.2, 0) is 4.79 Å². The number of carbonyl (C=O) groups is 1. The van der Waals surface area contributed by atoms with Crippen LogP contribution in [0, 0.1) is 0 Å². The molecule has 4 N–H and O–H groups in total. The van der Waals surface area contributed by atoms with E-state index in [4.69, 9.17) is 15.6 Å². The lowest BCUT2D eigenvalue weighted by molar-refractivity contribution is -0.141. The highest BCUT2D eigenvalue weighted by Crippen LogP contribution is 2.16. The summed E-state index contributed by atoms with van der Waals surface area (Å²) in [5.41, 5.74) is 5.42. The number of pyridine rings is 1. The Morgan fingerprint density at radius 2 is 2.27 bits per heavy atom. The largest absolute Gasteiger partial charge is 0.481 e. The van der Waals surface area contributed by atoms with Crippen molar-refractivity contribution in [1.82, 2.24) is 4.98 Å². The maximum absolute atomic E-state index is 10.5. The van der Waals surface area contributed by atoms with Gasteiger partial charge >= 0.3 is 5.97 Å². The second kappa shape index (κ2) is 4.72. The zero-order valence-corrected chi connectivity index (χ0v) is 8.12. The Balaban J connectivity index is 2.90. The first-order valence-electron chi connectivity index (χ1n) is 4.23. The van der Waals surface area contributed by atoms with Gasteiger partial charge in [-0.1, -0.05) is 6.07 Å². The summed E-state index contributed by atoms with van der Waals surface area (Å²) in [4.78, 5) is 14.4. The highest BCUT2D eigenvalue weighted by atomic mass is 16.5. The summed E-state index contributed by atoms with van der Waals surface area (Å²) in [5.74, 6) is -0.990. The van der Waals surface area contributed by atoms with Crippen LogP contribution in [0.3, 0.4) is 0 Å². The quantitative estimate of drug-likeness (QED) is 0.623. The molecule has 0 spiro atoms. The average Bonchev–Trinajstić information content (AvgIpc) is 2.27. The Kier molecular flexibility index (Phi) is 3.59. The fourth-order valence-electron chi connectivity index (χ4n) is 1.03. The minimum absolute atomic E-state index is 0.171. The number of aliphatic carboxylic acids is 1. The van der Waals surface area contributed by atoms with Crippen molar-refractivity contribution < 1.29 is 19.7 Å². The van der Waals surface area contributed by atoms with Crippen LogP contribution in [0.25, 0.3) is 0 Å². The molecule has 6 heteroatoms. The van der Waals surface area contributed by atoms with Crippen molar-refractivity contribution in [2.24, 2.45) is 5.73 Å². The number of aliphatic hydroxyl groups excluding tert-OH is 1. The molecular weight excluding hydrogens is 200 g/mol. The molecule has 0 saturated carbocycles. The molecule has 0 aromatic carbocycles.